The second-order valence-corrected chi connectivity index (χ2v) is 5.78. The van der Waals surface area contributed by atoms with Crippen LogP contribution < -0.4 is 5.32 Å². The maximum Gasteiger partial charge on any atom is 0.262 e. The molecule has 128 valence electrons. The largest absolute Gasteiger partial charge is 0.395 e. The highest BCUT2D eigenvalue weighted by Crippen LogP contribution is 2.31. The summed E-state index contributed by atoms with van der Waals surface area (Å²) in [5.41, 5.74) is 1.89. The van der Waals surface area contributed by atoms with E-state index in [1.54, 1.807) is 7.11 Å². The standard InChI is InChI=1S/C16H22F2N2O3/c1-23-10-13-5-3-2-4-12(13)7-19-15(22)8-20-11-16(17,18)6-14(20)9-21/h2-5,14,21H,6-11H2,1H3,(H,19,22). The Labute approximate surface area is 134 Å². The monoisotopic (exact) mass is 328 g/mol. The molecule has 23 heavy (non-hydrogen) atoms. The number of likely N-dealkylation sites (tertiary alicyclic amines) is 1. The molecule has 0 radical (unpaired) electrons. The van der Waals surface area contributed by atoms with Gasteiger partial charge in [-0.15, -0.1) is 0 Å². The predicted molar refractivity (Wildman–Crippen MR) is 81.0 cm³/mol. The summed E-state index contributed by atoms with van der Waals surface area (Å²) in [5.74, 6) is -3.19. The van der Waals surface area contributed by atoms with Crippen LogP contribution in [0, 0.1) is 0 Å². The van der Waals surface area contributed by atoms with Crippen LogP contribution in [0.15, 0.2) is 24.3 Å². The Morgan fingerprint density at radius 3 is 2.78 bits per heavy atom. The molecule has 1 fully saturated rings. The van der Waals surface area contributed by atoms with Gasteiger partial charge in [0.25, 0.3) is 5.92 Å². The molecule has 1 amide bonds. The summed E-state index contributed by atoms with van der Waals surface area (Å²) in [7, 11) is 1.60. The number of ether oxygens (including phenoxy) is 1. The average molecular weight is 328 g/mol. The highest BCUT2D eigenvalue weighted by Gasteiger charge is 2.44. The molecule has 1 aliphatic rings. The number of amides is 1. The fourth-order valence-electron chi connectivity index (χ4n) is 2.79. The number of benzene rings is 1. The van der Waals surface area contributed by atoms with E-state index in [1.165, 1.54) is 4.90 Å². The molecule has 0 aromatic heterocycles. The third-order valence-corrected chi connectivity index (χ3v) is 3.94. The van der Waals surface area contributed by atoms with Crippen molar-refractivity contribution >= 4 is 5.91 Å². The average Bonchev–Trinajstić information content (AvgIpc) is 2.80. The maximum atomic E-state index is 13.4. The van der Waals surface area contributed by atoms with E-state index in [0.717, 1.165) is 11.1 Å². The molecule has 1 atom stereocenters. The first-order chi connectivity index (χ1) is 10.9. The first-order valence-corrected chi connectivity index (χ1v) is 7.50. The number of aliphatic hydroxyl groups excluding tert-OH is 1. The van der Waals surface area contributed by atoms with Crippen LogP contribution in [0.4, 0.5) is 8.78 Å². The van der Waals surface area contributed by atoms with Crippen LogP contribution in [0.1, 0.15) is 17.5 Å². The molecule has 0 saturated carbocycles. The Kier molecular flexibility index (Phi) is 6.04. The molecule has 5 nitrogen and oxygen atoms in total. The number of methoxy groups -OCH3 is 1. The van der Waals surface area contributed by atoms with Crippen molar-refractivity contribution in [2.45, 2.75) is 31.5 Å². The SMILES string of the molecule is COCc1ccccc1CNC(=O)CN1CC(F)(F)CC1CO. The topological polar surface area (TPSA) is 61.8 Å². The van der Waals surface area contributed by atoms with Crippen molar-refractivity contribution in [2.75, 3.05) is 26.8 Å². The van der Waals surface area contributed by atoms with Gasteiger partial charge in [-0.25, -0.2) is 8.78 Å². The molecule has 2 N–H and O–H groups in total. The van der Waals surface area contributed by atoms with Crippen molar-refractivity contribution < 1.29 is 23.4 Å². The second-order valence-electron chi connectivity index (χ2n) is 5.78. The summed E-state index contributed by atoms with van der Waals surface area (Å²) in [4.78, 5) is 13.3. The smallest absolute Gasteiger partial charge is 0.262 e. The maximum absolute atomic E-state index is 13.4. The lowest BCUT2D eigenvalue weighted by Gasteiger charge is -2.21. The van der Waals surface area contributed by atoms with E-state index in [0.29, 0.717) is 13.2 Å². The van der Waals surface area contributed by atoms with Crippen molar-refractivity contribution in [1.82, 2.24) is 10.2 Å². The fraction of sp³-hybridized carbons (Fsp3) is 0.562. The Balaban J connectivity index is 1.88. The number of aliphatic hydroxyl groups is 1. The lowest BCUT2D eigenvalue weighted by molar-refractivity contribution is -0.123. The van der Waals surface area contributed by atoms with E-state index in [-0.39, 0.29) is 19.1 Å². The summed E-state index contributed by atoms with van der Waals surface area (Å²) in [6.45, 7) is -0.262. The number of nitrogens with one attached hydrogen (secondary N) is 1. The van der Waals surface area contributed by atoms with Gasteiger partial charge in [0.15, 0.2) is 0 Å². The van der Waals surface area contributed by atoms with Gasteiger partial charge in [0.1, 0.15) is 0 Å². The quantitative estimate of drug-likeness (QED) is 0.788. The van der Waals surface area contributed by atoms with E-state index < -0.39 is 24.9 Å². The van der Waals surface area contributed by atoms with Crippen LogP contribution in [-0.2, 0) is 22.7 Å². The summed E-state index contributed by atoms with van der Waals surface area (Å²) in [6.07, 6.45) is -0.409. The molecule has 1 saturated heterocycles. The second kappa shape index (κ2) is 7.81. The van der Waals surface area contributed by atoms with Gasteiger partial charge in [0, 0.05) is 26.1 Å². The Morgan fingerprint density at radius 1 is 1.43 bits per heavy atom. The van der Waals surface area contributed by atoms with Gasteiger partial charge in [-0.2, -0.15) is 0 Å². The summed E-state index contributed by atoms with van der Waals surface area (Å²) in [6, 6.07) is 6.88. The molecule has 1 aromatic rings. The van der Waals surface area contributed by atoms with E-state index in [2.05, 4.69) is 5.32 Å². The normalized spacial score (nSPS) is 20.6. The van der Waals surface area contributed by atoms with Gasteiger partial charge in [-0.1, -0.05) is 24.3 Å². The summed E-state index contributed by atoms with van der Waals surface area (Å²) >= 11 is 0. The van der Waals surface area contributed by atoms with Gasteiger partial charge in [0.05, 0.1) is 26.3 Å². The molecule has 1 heterocycles. The predicted octanol–water partition coefficient (Wildman–Crippen LogP) is 1.15. The van der Waals surface area contributed by atoms with Gasteiger partial charge < -0.3 is 15.2 Å². The zero-order chi connectivity index (χ0) is 16.9. The minimum absolute atomic E-state index is 0.146. The zero-order valence-corrected chi connectivity index (χ0v) is 13.1. The van der Waals surface area contributed by atoms with Crippen LogP contribution in [0.5, 0.6) is 0 Å². The Hall–Kier alpha value is -1.57. The molecular formula is C16H22F2N2O3. The number of carbonyl (C=O) groups is 1. The molecule has 0 spiro atoms. The highest BCUT2D eigenvalue weighted by atomic mass is 19.3. The van der Waals surface area contributed by atoms with E-state index in [1.807, 2.05) is 24.3 Å². The number of hydrogen-bond donors (Lipinski definition) is 2. The molecule has 1 aliphatic heterocycles. The lowest BCUT2D eigenvalue weighted by atomic mass is 10.1. The minimum atomic E-state index is -2.85. The molecule has 1 aromatic carbocycles. The van der Waals surface area contributed by atoms with Crippen molar-refractivity contribution in [3.63, 3.8) is 0 Å². The van der Waals surface area contributed by atoms with Gasteiger partial charge >= 0.3 is 0 Å². The minimum Gasteiger partial charge on any atom is -0.395 e. The van der Waals surface area contributed by atoms with Crippen molar-refractivity contribution in [1.29, 1.82) is 0 Å². The molecule has 2 rings (SSSR count). The van der Waals surface area contributed by atoms with Crippen LogP contribution >= 0.6 is 0 Å². The molecular weight excluding hydrogens is 306 g/mol. The van der Waals surface area contributed by atoms with Crippen LogP contribution in [0.2, 0.25) is 0 Å². The van der Waals surface area contributed by atoms with Gasteiger partial charge in [-0.05, 0) is 11.1 Å². The van der Waals surface area contributed by atoms with Crippen molar-refractivity contribution in [3.05, 3.63) is 35.4 Å². The van der Waals surface area contributed by atoms with Crippen molar-refractivity contribution in [2.24, 2.45) is 0 Å². The number of nitrogens with zero attached hydrogens (tertiary/aromatic N) is 1. The molecule has 0 bridgehead atoms. The third-order valence-electron chi connectivity index (χ3n) is 3.94. The Bertz CT molecular complexity index is 540. The molecule has 7 heteroatoms. The number of halogens is 2. The van der Waals surface area contributed by atoms with Gasteiger partial charge in [-0.3, -0.25) is 9.69 Å². The summed E-state index contributed by atoms with van der Waals surface area (Å²) < 4.78 is 31.8. The first kappa shape index (κ1) is 17.8. The van der Waals surface area contributed by atoms with Crippen LogP contribution in [-0.4, -0.2) is 54.7 Å². The number of carbonyl (C=O) groups excluding carboxylic acids is 1. The Morgan fingerprint density at radius 2 is 2.13 bits per heavy atom. The third kappa shape index (κ3) is 4.95. The van der Waals surface area contributed by atoms with Crippen LogP contribution in [0.3, 0.4) is 0 Å². The van der Waals surface area contributed by atoms with Crippen LogP contribution in [0.25, 0.3) is 0 Å². The zero-order valence-electron chi connectivity index (χ0n) is 13.1. The van der Waals surface area contributed by atoms with E-state index >= 15 is 0 Å². The lowest BCUT2D eigenvalue weighted by Crippen LogP contribution is -2.41. The van der Waals surface area contributed by atoms with Crippen molar-refractivity contribution in [3.8, 4) is 0 Å². The van der Waals surface area contributed by atoms with E-state index in [4.69, 9.17) is 9.84 Å². The summed E-state index contributed by atoms with van der Waals surface area (Å²) in [5, 5.41) is 11.9. The number of hydrogen-bond acceptors (Lipinski definition) is 4. The molecule has 0 aliphatic carbocycles. The number of alkyl halides is 2. The highest BCUT2D eigenvalue weighted by molar-refractivity contribution is 5.78. The van der Waals surface area contributed by atoms with E-state index in [9.17, 15) is 13.6 Å². The van der Waals surface area contributed by atoms with Gasteiger partial charge in [0.2, 0.25) is 5.91 Å². The number of rotatable bonds is 7. The first-order valence-electron chi connectivity index (χ1n) is 7.50. The fourth-order valence-corrected chi connectivity index (χ4v) is 2.79. The molecule has 1 unspecified atom stereocenters.